The van der Waals surface area contributed by atoms with Gasteiger partial charge in [0.25, 0.3) is 0 Å². The molecule has 2 N–H and O–H groups in total. The van der Waals surface area contributed by atoms with Crippen molar-refractivity contribution in [3.63, 3.8) is 0 Å². The Bertz CT molecular complexity index is 1240. The highest BCUT2D eigenvalue weighted by atomic mass is 32.2. The number of aromatic nitrogens is 2. The van der Waals surface area contributed by atoms with E-state index in [9.17, 15) is 18.0 Å². The monoisotopic (exact) mass is 477 g/mol. The third-order valence-corrected chi connectivity index (χ3v) is 6.09. The van der Waals surface area contributed by atoms with Gasteiger partial charge >= 0.3 is 11.3 Å². The number of carboxylic acid groups (broad SMARTS) is 1. The lowest BCUT2D eigenvalue weighted by Crippen LogP contribution is -2.13. The minimum absolute atomic E-state index is 0.00506. The maximum atomic E-state index is 11.9. The molecule has 0 fully saturated rings. The van der Waals surface area contributed by atoms with Crippen molar-refractivity contribution in [3.05, 3.63) is 60.2 Å². The number of hydrogen-bond donors (Lipinski definition) is 2. The molecule has 170 valence electrons. The van der Waals surface area contributed by atoms with Crippen LogP contribution in [0.1, 0.15) is 30.6 Å². The van der Waals surface area contributed by atoms with Crippen molar-refractivity contribution >= 4 is 49.5 Å². The maximum Gasteiger partial charge on any atom is 0.367 e. The number of imidazole rings is 1. The summed E-state index contributed by atoms with van der Waals surface area (Å²) in [7, 11) is -3.43. The molecule has 1 atom stereocenters. The first-order valence-electron chi connectivity index (χ1n) is 9.67. The second kappa shape index (κ2) is 10.0. The second-order valence-electron chi connectivity index (χ2n) is 7.12. The molecule has 32 heavy (non-hydrogen) atoms. The zero-order chi connectivity index (χ0) is 23.3. The Kier molecular flexibility index (Phi) is 7.41. The van der Waals surface area contributed by atoms with Crippen LogP contribution < -0.4 is 4.72 Å². The topological polar surface area (TPSA) is 128 Å². The first-order chi connectivity index (χ1) is 15.2. The van der Waals surface area contributed by atoms with E-state index in [1.165, 1.54) is 0 Å². The van der Waals surface area contributed by atoms with Crippen LogP contribution >= 0.6 is 11.8 Å². The molecule has 0 aliphatic heterocycles. The first-order valence-corrected chi connectivity index (χ1v) is 12.5. The Morgan fingerprint density at radius 2 is 1.94 bits per heavy atom. The Labute approximate surface area is 189 Å². The molecular weight excluding hydrogens is 454 g/mol. The lowest BCUT2D eigenvalue weighted by molar-refractivity contribution is -0.136. The van der Waals surface area contributed by atoms with Gasteiger partial charge in [-0.2, -0.15) is 0 Å². The highest BCUT2D eigenvalue weighted by Crippen LogP contribution is 2.32. The van der Waals surface area contributed by atoms with E-state index in [1.807, 2.05) is 41.8 Å². The predicted octanol–water partition coefficient (Wildman–Crippen LogP) is 3.86. The third-order valence-electron chi connectivity index (χ3n) is 4.74. The molecule has 0 aliphatic rings. The normalized spacial score (nSPS) is 12.4. The van der Waals surface area contributed by atoms with E-state index in [4.69, 9.17) is 9.84 Å². The summed E-state index contributed by atoms with van der Waals surface area (Å²) in [5.74, 6) is -0.828. The lowest BCUT2D eigenvalue weighted by Gasteiger charge is -2.20. The zero-order valence-corrected chi connectivity index (χ0v) is 19.1. The summed E-state index contributed by atoms with van der Waals surface area (Å²) < 4.78 is 33.1. The number of thioether (sulfide) groups is 1. The van der Waals surface area contributed by atoms with Crippen LogP contribution in [0.25, 0.3) is 10.8 Å². The summed E-state index contributed by atoms with van der Waals surface area (Å²) in [5.41, 5.74) is 2.12. The average Bonchev–Trinajstić information content (AvgIpc) is 3.19. The summed E-state index contributed by atoms with van der Waals surface area (Å²) in [4.78, 5) is 26.6. The van der Waals surface area contributed by atoms with E-state index in [2.05, 4.69) is 9.71 Å². The van der Waals surface area contributed by atoms with Crippen LogP contribution in [0.4, 0.5) is 10.5 Å². The number of fused-ring (bicyclic) bond motifs is 1. The summed E-state index contributed by atoms with van der Waals surface area (Å²) in [6.07, 6.45) is 4.24. The molecule has 11 heteroatoms. The number of sulfonamides is 1. The van der Waals surface area contributed by atoms with Gasteiger partial charge in [-0.15, -0.1) is 0 Å². The first kappa shape index (κ1) is 23.6. The Balaban J connectivity index is 1.81. The van der Waals surface area contributed by atoms with Crippen molar-refractivity contribution in [2.45, 2.75) is 26.0 Å². The molecule has 0 saturated heterocycles. The van der Waals surface area contributed by atoms with Gasteiger partial charge in [-0.05, 0) is 35.7 Å². The standard InChI is InChI=1S/C21H23N3O6S2/c1-14(24-13-22-11-15(24)12-30-21(27)31-10-9-20(25)26)16-7-8-19(23-32(2,28)29)18-6-4-3-5-17(16)18/h3-8,11,13-14,23H,9-10,12H2,1-2H3,(H,25,26). The Hall–Kier alpha value is -3.05. The minimum atomic E-state index is -3.43. The van der Waals surface area contributed by atoms with Crippen molar-refractivity contribution in [2.75, 3.05) is 16.7 Å². The van der Waals surface area contributed by atoms with Crippen molar-refractivity contribution in [1.29, 1.82) is 0 Å². The van der Waals surface area contributed by atoms with Gasteiger partial charge < -0.3 is 14.4 Å². The fourth-order valence-electron chi connectivity index (χ4n) is 3.31. The van der Waals surface area contributed by atoms with Crippen LogP contribution in [0.15, 0.2) is 48.9 Å². The number of nitrogens with zero attached hydrogens (tertiary/aromatic N) is 2. The molecule has 0 bridgehead atoms. The second-order valence-corrected chi connectivity index (χ2v) is 9.90. The van der Waals surface area contributed by atoms with Crippen molar-refractivity contribution < 1.29 is 27.9 Å². The largest absolute Gasteiger partial charge is 0.481 e. The number of anilines is 1. The number of benzene rings is 2. The van der Waals surface area contributed by atoms with Crippen LogP contribution in [0.5, 0.6) is 0 Å². The van der Waals surface area contributed by atoms with Crippen LogP contribution in [-0.2, 0) is 26.2 Å². The number of rotatable bonds is 9. The highest BCUT2D eigenvalue weighted by Gasteiger charge is 2.18. The predicted molar refractivity (Wildman–Crippen MR) is 123 cm³/mol. The molecule has 1 aromatic heterocycles. The van der Waals surface area contributed by atoms with Gasteiger partial charge in [0.1, 0.15) is 6.61 Å². The molecule has 3 aromatic rings. The minimum Gasteiger partial charge on any atom is -0.481 e. The quantitative estimate of drug-likeness (QED) is 0.445. The molecule has 3 rings (SSSR count). The van der Waals surface area contributed by atoms with Crippen LogP contribution in [-0.4, -0.2) is 46.4 Å². The molecule has 0 aliphatic carbocycles. The SMILES string of the molecule is CC(c1ccc(NS(C)(=O)=O)c2ccccc12)n1cncc1COC(=O)SCCC(=O)O. The van der Waals surface area contributed by atoms with E-state index in [1.54, 1.807) is 18.6 Å². The Morgan fingerprint density at radius 3 is 2.62 bits per heavy atom. The molecule has 2 aromatic carbocycles. The number of carboxylic acids is 1. The number of nitrogens with one attached hydrogen (secondary N) is 1. The molecular formula is C21H23N3O6S2. The average molecular weight is 478 g/mol. The summed E-state index contributed by atoms with van der Waals surface area (Å²) >= 11 is 0.817. The van der Waals surface area contributed by atoms with E-state index >= 15 is 0 Å². The number of hydrogen-bond acceptors (Lipinski definition) is 7. The van der Waals surface area contributed by atoms with Gasteiger partial charge in [0.05, 0.1) is 42.6 Å². The summed E-state index contributed by atoms with van der Waals surface area (Å²) in [5, 5.41) is 9.75. The van der Waals surface area contributed by atoms with Crippen molar-refractivity contribution in [1.82, 2.24) is 9.55 Å². The van der Waals surface area contributed by atoms with Gasteiger partial charge in [0, 0.05) is 11.1 Å². The van der Waals surface area contributed by atoms with Gasteiger partial charge in [-0.25, -0.2) is 18.2 Å². The summed E-state index contributed by atoms with van der Waals surface area (Å²) in [6.45, 7) is 1.97. The molecule has 0 saturated carbocycles. The van der Waals surface area contributed by atoms with Gasteiger partial charge in [-0.3, -0.25) is 9.52 Å². The lowest BCUT2D eigenvalue weighted by atomic mass is 9.98. The van der Waals surface area contributed by atoms with Gasteiger partial charge in [0.15, 0.2) is 0 Å². The third kappa shape index (κ3) is 6.01. The number of aliphatic carboxylic acids is 1. The van der Waals surface area contributed by atoms with Crippen molar-refractivity contribution in [3.8, 4) is 0 Å². The van der Waals surface area contributed by atoms with Crippen LogP contribution in [0.3, 0.4) is 0 Å². The number of carbonyl (C=O) groups is 2. The van der Waals surface area contributed by atoms with Gasteiger partial charge in [0.2, 0.25) is 10.0 Å². The summed E-state index contributed by atoms with van der Waals surface area (Å²) in [6, 6.07) is 10.9. The fraction of sp³-hybridized carbons (Fsp3) is 0.286. The van der Waals surface area contributed by atoms with E-state index in [0.717, 1.165) is 34.4 Å². The van der Waals surface area contributed by atoms with Crippen LogP contribution in [0, 0.1) is 0 Å². The van der Waals surface area contributed by atoms with Gasteiger partial charge in [-0.1, -0.05) is 30.3 Å². The zero-order valence-electron chi connectivity index (χ0n) is 17.5. The van der Waals surface area contributed by atoms with E-state index in [-0.39, 0.29) is 24.8 Å². The smallest absolute Gasteiger partial charge is 0.367 e. The number of ether oxygens (including phenoxy) is 1. The molecule has 1 unspecified atom stereocenters. The van der Waals surface area contributed by atoms with Crippen molar-refractivity contribution in [2.24, 2.45) is 0 Å². The molecule has 0 radical (unpaired) electrons. The maximum absolute atomic E-state index is 11.9. The Morgan fingerprint density at radius 1 is 1.22 bits per heavy atom. The molecule has 9 nitrogen and oxygen atoms in total. The van der Waals surface area contributed by atoms with E-state index < -0.39 is 21.3 Å². The molecule has 0 amide bonds. The number of carbonyl (C=O) groups excluding carboxylic acids is 1. The molecule has 1 heterocycles. The molecule has 0 spiro atoms. The van der Waals surface area contributed by atoms with E-state index in [0.29, 0.717) is 11.4 Å². The fourth-order valence-corrected chi connectivity index (χ4v) is 4.48. The highest BCUT2D eigenvalue weighted by molar-refractivity contribution is 8.13. The van der Waals surface area contributed by atoms with Crippen LogP contribution in [0.2, 0.25) is 0 Å².